The quantitative estimate of drug-likeness (QED) is 0.666. The summed E-state index contributed by atoms with van der Waals surface area (Å²) in [6, 6.07) is 7.07. The maximum atomic E-state index is 11.8. The zero-order valence-electron chi connectivity index (χ0n) is 9.82. The Morgan fingerprint density at radius 3 is 2.84 bits per heavy atom. The number of nitro benzene ring substituents is 1. The van der Waals surface area contributed by atoms with Crippen LogP contribution in [0.3, 0.4) is 0 Å². The lowest BCUT2D eigenvalue weighted by atomic mass is 10.2. The molecule has 98 valence electrons. The lowest BCUT2D eigenvalue weighted by Gasteiger charge is -2.02. The second kappa shape index (κ2) is 5.17. The Hall–Kier alpha value is -2.90. The van der Waals surface area contributed by atoms with Gasteiger partial charge < -0.3 is 14.6 Å². The first kappa shape index (κ1) is 12.6. The van der Waals surface area contributed by atoms with E-state index in [1.807, 2.05) is 0 Å². The molecular formula is C11H9N3O5. The molecule has 0 atom stereocenters. The van der Waals surface area contributed by atoms with Crippen LogP contribution in [0.1, 0.15) is 10.6 Å². The van der Waals surface area contributed by atoms with Crippen LogP contribution in [0.25, 0.3) is 0 Å². The molecule has 0 fully saturated rings. The van der Waals surface area contributed by atoms with Gasteiger partial charge in [-0.05, 0) is 11.2 Å². The van der Waals surface area contributed by atoms with Crippen molar-refractivity contribution in [1.82, 2.24) is 5.16 Å². The summed E-state index contributed by atoms with van der Waals surface area (Å²) in [5.74, 6) is -0.604. The molecular weight excluding hydrogens is 254 g/mol. The molecule has 8 heteroatoms. The number of carbonyl (C=O) groups is 1. The van der Waals surface area contributed by atoms with Crippen molar-refractivity contribution in [2.45, 2.75) is 0 Å². The fourth-order valence-electron chi connectivity index (χ4n) is 1.38. The Morgan fingerprint density at radius 2 is 2.21 bits per heavy atom. The summed E-state index contributed by atoms with van der Waals surface area (Å²) in [6.45, 7) is 0. The monoisotopic (exact) mass is 263 g/mol. The zero-order chi connectivity index (χ0) is 13.8. The summed E-state index contributed by atoms with van der Waals surface area (Å²) < 4.78 is 9.50. The van der Waals surface area contributed by atoms with E-state index in [4.69, 9.17) is 9.26 Å². The number of para-hydroxylation sites is 2. The van der Waals surface area contributed by atoms with Crippen molar-refractivity contribution >= 4 is 17.3 Å². The van der Waals surface area contributed by atoms with E-state index in [0.717, 1.165) is 0 Å². The van der Waals surface area contributed by atoms with Crippen LogP contribution in [-0.4, -0.2) is 23.1 Å². The smallest absolute Gasteiger partial charge is 0.294 e. The van der Waals surface area contributed by atoms with Crippen LogP contribution >= 0.6 is 0 Å². The second-order valence-electron chi connectivity index (χ2n) is 3.46. The number of nitrogens with one attached hydrogen (secondary N) is 1. The molecule has 1 heterocycles. The van der Waals surface area contributed by atoms with Gasteiger partial charge in [-0.2, -0.15) is 0 Å². The molecule has 0 spiro atoms. The number of rotatable bonds is 4. The molecule has 1 amide bonds. The lowest BCUT2D eigenvalue weighted by Crippen LogP contribution is -2.12. The third kappa shape index (κ3) is 2.68. The van der Waals surface area contributed by atoms with Crippen molar-refractivity contribution in [3.8, 4) is 5.88 Å². The number of methoxy groups -OCH3 is 1. The molecule has 2 aromatic rings. The van der Waals surface area contributed by atoms with E-state index < -0.39 is 10.8 Å². The van der Waals surface area contributed by atoms with Gasteiger partial charge in [-0.3, -0.25) is 14.9 Å². The topological polar surface area (TPSA) is 108 Å². The maximum absolute atomic E-state index is 11.8. The highest BCUT2D eigenvalue weighted by molar-refractivity contribution is 6.03. The molecule has 0 radical (unpaired) electrons. The molecule has 0 aliphatic rings. The Labute approximate surface area is 107 Å². The van der Waals surface area contributed by atoms with Crippen LogP contribution in [0.4, 0.5) is 11.4 Å². The predicted molar refractivity (Wildman–Crippen MR) is 64.1 cm³/mol. The average Bonchev–Trinajstić information content (AvgIpc) is 2.88. The minimum atomic E-state index is -0.648. The maximum Gasteiger partial charge on any atom is 0.294 e. The Bertz CT molecular complexity index is 622. The number of amides is 1. The van der Waals surface area contributed by atoms with Gasteiger partial charge in [0.15, 0.2) is 0 Å². The highest BCUT2D eigenvalue weighted by atomic mass is 16.6. The van der Waals surface area contributed by atoms with Gasteiger partial charge in [0.1, 0.15) is 5.69 Å². The van der Waals surface area contributed by atoms with E-state index in [-0.39, 0.29) is 23.0 Å². The van der Waals surface area contributed by atoms with E-state index >= 15 is 0 Å². The van der Waals surface area contributed by atoms with E-state index in [1.54, 1.807) is 6.07 Å². The van der Waals surface area contributed by atoms with Gasteiger partial charge in [-0.15, -0.1) is 0 Å². The molecule has 0 bridgehead atoms. The molecule has 0 aliphatic carbocycles. The summed E-state index contributed by atoms with van der Waals surface area (Å²) in [5, 5.41) is 16.6. The Morgan fingerprint density at radius 1 is 1.47 bits per heavy atom. The number of nitro groups is 1. The molecule has 0 saturated carbocycles. The third-order valence-corrected chi connectivity index (χ3v) is 2.27. The van der Waals surface area contributed by atoms with Gasteiger partial charge in [0.2, 0.25) is 5.76 Å². The standard InChI is InChI=1S/C11H9N3O5/c1-18-10-6-9(19-13-10)11(15)12-7-4-2-3-5-8(7)14(16)17/h2-6H,1H3,(H,12,15). The summed E-state index contributed by atoms with van der Waals surface area (Å²) in [7, 11) is 1.38. The minimum absolute atomic E-state index is 0.0767. The Balaban J connectivity index is 2.21. The number of hydrogen-bond donors (Lipinski definition) is 1. The minimum Gasteiger partial charge on any atom is -0.479 e. The lowest BCUT2D eigenvalue weighted by molar-refractivity contribution is -0.383. The van der Waals surface area contributed by atoms with Crippen molar-refractivity contribution in [1.29, 1.82) is 0 Å². The third-order valence-electron chi connectivity index (χ3n) is 2.27. The normalized spacial score (nSPS) is 9.95. The fourth-order valence-corrected chi connectivity index (χ4v) is 1.38. The van der Waals surface area contributed by atoms with Gasteiger partial charge >= 0.3 is 0 Å². The largest absolute Gasteiger partial charge is 0.479 e. The Kier molecular flexibility index (Phi) is 3.42. The SMILES string of the molecule is COc1cc(C(=O)Nc2ccccc2[N+](=O)[O-])on1. The second-order valence-corrected chi connectivity index (χ2v) is 3.46. The van der Waals surface area contributed by atoms with Crippen molar-refractivity contribution < 1.29 is 19.0 Å². The number of carbonyl (C=O) groups excluding carboxylic acids is 1. The molecule has 8 nitrogen and oxygen atoms in total. The van der Waals surface area contributed by atoms with Gasteiger partial charge in [0.05, 0.1) is 18.1 Å². The van der Waals surface area contributed by atoms with Gasteiger partial charge in [-0.25, -0.2) is 0 Å². The fraction of sp³-hybridized carbons (Fsp3) is 0.0909. The molecule has 0 saturated heterocycles. The molecule has 1 N–H and O–H groups in total. The number of benzene rings is 1. The molecule has 2 rings (SSSR count). The number of hydrogen-bond acceptors (Lipinski definition) is 6. The van der Waals surface area contributed by atoms with Crippen LogP contribution in [0.5, 0.6) is 5.88 Å². The average molecular weight is 263 g/mol. The number of nitrogens with zero attached hydrogens (tertiary/aromatic N) is 2. The van der Waals surface area contributed by atoms with E-state index in [0.29, 0.717) is 0 Å². The van der Waals surface area contributed by atoms with Crippen LogP contribution in [0.15, 0.2) is 34.9 Å². The van der Waals surface area contributed by atoms with Crippen molar-refractivity contribution in [3.63, 3.8) is 0 Å². The highest BCUT2D eigenvalue weighted by Gasteiger charge is 2.18. The van der Waals surface area contributed by atoms with Crippen LogP contribution in [0, 0.1) is 10.1 Å². The van der Waals surface area contributed by atoms with Gasteiger partial charge in [-0.1, -0.05) is 12.1 Å². The van der Waals surface area contributed by atoms with Gasteiger partial charge in [0, 0.05) is 6.07 Å². The zero-order valence-corrected chi connectivity index (χ0v) is 9.82. The summed E-state index contributed by atoms with van der Waals surface area (Å²) >= 11 is 0. The van der Waals surface area contributed by atoms with Crippen molar-refractivity contribution in [2.24, 2.45) is 0 Å². The summed E-state index contributed by atoms with van der Waals surface area (Å²) in [6.07, 6.45) is 0. The van der Waals surface area contributed by atoms with Gasteiger partial charge in [0.25, 0.3) is 17.5 Å². The number of aromatic nitrogens is 1. The first-order valence-corrected chi connectivity index (χ1v) is 5.17. The first-order valence-electron chi connectivity index (χ1n) is 5.17. The number of ether oxygens (including phenoxy) is 1. The summed E-state index contributed by atoms with van der Waals surface area (Å²) in [4.78, 5) is 22.0. The van der Waals surface area contributed by atoms with E-state index in [2.05, 4.69) is 10.5 Å². The number of anilines is 1. The van der Waals surface area contributed by atoms with Crippen molar-refractivity contribution in [3.05, 3.63) is 46.2 Å². The molecule has 1 aromatic carbocycles. The van der Waals surface area contributed by atoms with E-state index in [1.165, 1.54) is 31.4 Å². The predicted octanol–water partition coefficient (Wildman–Crippen LogP) is 1.84. The summed E-state index contributed by atoms with van der Waals surface area (Å²) in [5.41, 5.74) is -0.129. The van der Waals surface area contributed by atoms with E-state index in [9.17, 15) is 14.9 Å². The molecule has 1 aromatic heterocycles. The van der Waals surface area contributed by atoms with Crippen LogP contribution in [-0.2, 0) is 0 Å². The van der Waals surface area contributed by atoms with Crippen LogP contribution < -0.4 is 10.1 Å². The first-order chi connectivity index (χ1) is 9.11. The molecule has 0 unspecified atom stereocenters. The molecule has 0 aliphatic heterocycles. The van der Waals surface area contributed by atoms with Crippen LogP contribution in [0.2, 0.25) is 0 Å². The highest BCUT2D eigenvalue weighted by Crippen LogP contribution is 2.24. The molecule has 19 heavy (non-hydrogen) atoms. The van der Waals surface area contributed by atoms with Crippen molar-refractivity contribution in [2.75, 3.05) is 12.4 Å².